The summed E-state index contributed by atoms with van der Waals surface area (Å²) < 4.78 is 0. The molecule has 0 aromatic carbocycles. The summed E-state index contributed by atoms with van der Waals surface area (Å²) in [5, 5.41) is 0. The van der Waals surface area contributed by atoms with Gasteiger partial charge in [-0.3, -0.25) is 19.6 Å². The number of carbonyl (C=O) groups is 1. The van der Waals surface area contributed by atoms with Crippen LogP contribution in [0.1, 0.15) is 20.3 Å². The van der Waals surface area contributed by atoms with Gasteiger partial charge in [0.15, 0.2) is 0 Å². The molecule has 0 bridgehead atoms. The number of hydrogen-bond donors (Lipinski definition) is 1. The number of rotatable bonds is 4. The van der Waals surface area contributed by atoms with Crippen LogP contribution in [0.25, 0.3) is 11.1 Å². The van der Waals surface area contributed by atoms with Gasteiger partial charge in [0.05, 0.1) is 0 Å². The summed E-state index contributed by atoms with van der Waals surface area (Å²) in [6, 6.07) is 5.41. The number of aromatic amines is 1. The van der Waals surface area contributed by atoms with Gasteiger partial charge in [-0.05, 0) is 37.6 Å². The first-order valence-electron chi connectivity index (χ1n) is 6.23. The van der Waals surface area contributed by atoms with Gasteiger partial charge in [0, 0.05) is 36.3 Å². The molecule has 0 aliphatic carbocycles. The SMILES string of the molecule is CC(=O)CC(C)=Nc1cc(-c2ccncc2)c[nH]c1=O. The van der Waals surface area contributed by atoms with Gasteiger partial charge < -0.3 is 4.98 Å². The summed E-state index contributed by atoms with van der Waals surface area (Å²) in [5.74, 6) is 0.0213. The van der Waals surface area contributed by atoms with E-state index in [0.717, 1.165) is 11.1 Å². The zero-order valence-corrected chi connectivity index (χ0v) is 11.4. The van der Waals surface area contributed by atoms with Crippen LogP contribution in [0, 0.1) is 0 Å². The molecule has 0 saturated heterocycles. The molecule has 0 spiro atoms. The van der Waals surface area contributed by atoms with Crippen LogP contribution in [-0.4, -0.2) is 21.5 Å². The van der Waals surface area contributed by atoms with Crippen molar-refractivity contribution in [3.05, 3.63) is 47.1 Å². The highest BCUT2D eigenvalue weighted by atomic mass is 16.1. The first kappa shape index (κ1) is 13.9. The van der Waals surface area contributed by atoms with Gasteiger partial charge in [-0.2, -0.15) is 0 Å². The summed E-state index contributed by atoms with van der Waals surface area (Å²) in [5.41, 5.74) is 2.44. The van der Waals surface area contributed by atoms with E-state index >= 15 is 0 Å². The third-order valence-corrected chi connectivity index (χ3v) is 2.71. The van der Waals surface area contributed by atoms with E-state index < -0.39 is 0 Å². The molecule has 5 nitrogen and oxygen atoms in total. The molecule has 20 heavy (non-hydrogen) atoms. The predicted molar refractivity (Wildman–Crippen MR) is 78.4 cm³/mol. The monoisotopic (exact) mass is 269 g/mol. The third kappa shape index (κ3) is 3.47. The molecule has 2 rings (SSSR count). The predicted octanol–water partition coefficient (Wildman–Crippen LogP) is 2.51. The number of hydrogen-bond acceptors (Lipinski definition) is 4. The van der Waals surface area contributed by atoms with Crippen molar-refractivity contribution in [2.45, 2.75) is 20.3 Å². The van der Waals surface area contributed by atoms with Gasteiger partial charge in [-0.15, -0.1) is 0 Å². The molecule has 0 atom stereocenters. The Labute approximate surface area is 116 Å². The number of aromatic nitrogens is 2. The fourth-order valence-corrected chi connectivity index (χ4v) is 1.87. The first-order chi connectivity index (χ1) is 9.56. The summed E-state index contributed by atoms with van der Waals surface area (Å²) in [4.78, 5) is 33.6. The van der Waals surface area contributed by atoms with Crippen molar-refractivity contribution in [2.24, 2.45) is 4.99 Å². The van der Waals surface area contributed by atoms with Gasteiger partial charge in [0.1, 0.15) is 11.5 Å². The molecule has 0 aliphatic rings. The van der Waals surface area contributed by atoms with E-state index in [4.69, 9.17) is 0 Å². The maximum atomic E-state index is 11.8. The van der Waals surface area contributed by atoms with Crippen molar-refractivity contribution in [2.75, 3.05) is 0 Å². The smallest absolute Gasteiger partial charge is 0.273 e. The number of carbonyl (C=O) groups excluding carboxylic acids is 1. The number of nitrogens with zero attached hydrogens (tertiary/aromatic N) is 2. The minimum atomic E-state index is -0.272. The maximum absolute atomic E-state index is 11.8. The average molecular weight is 269 g/mol. The molecule has 0 amide bonds. The molecular formula is C15H15N3O2. The number of ketones is 1. The lowest BCUT2D eigenvalue weighted by Gasteiger charge is -2.03. The summed E-state index contributed by atoms with van der Waals surface area (Å²) in [6.07, 6.45) is 5.25. The van der Waals surface area contributed by atoms with Crippen molar-refractivity contribution >= 4 is 17.2 Å². The van der Waals surface area contributed by atoms with Crippen molar-refractivity contribution in [3.63, 3.8) is 0 Å². The summed E-state index contributed by atoms with van der Waals surface area (Å²) in [7, 11) is 0. The van der Waals surface area contributed by atoms with Crippen LogP contribution in [0.4, 0.5) is 5.69 Å². The lowest BCUT2D eigenvalue weighted by atomic mass is 10.1. The topological polar surface area (TPSA) is 75.2 Å². The number of nitrogens with one attached hydrogen (secondary N) is 1. The second-order valence-electron chi connectivity index (χ2n) is 4.56. The lowest BCUT2D eigenvalue weighted by molar-refractivity contribution is -0.115. The normalized spacial score (nSPS) is 11.4. The summed E-state index contributed by atoms with van der Waals surface area (Å²) >= 11 is 0. The highest BCUT2D eigenvalue weighted by Crippen LogP contribution is 2.20. The molecule has 0 radical (unpaired) electrons. The first-order valence-corrected chi connectivity index (χ1v) is 6.23. The van der Waals surface area contributed by atoms with E-state index in [0.29, 0.717) is 11.4 Å². The van der Waals surface area contributed by atoms with Gasteiger partial charge in [0.25, 0.3) is 5.56 Å². The van der Waals surface area contributed by atoms with Crippen LogP contribution in [0.2, 0.25) is 0 Å². The molecule has 5 heteroatoms. The summed E-state index contributed by atoms with van der Waals surface area (Å²) in [6.45, 7) is 3.23. The van der Waals surface area contributed by atoms with Crippen LogP contribution in [0.15, 0.2) is 46.6 Å². The van der Waals surface area contributed by atoms with Gasteiger partial charge in [-0.1, -0.05) is 0 Å². The molecule has 2 aromatic heterocycles. The largest absolute Gasteiger partial charge is 0.327 e. The van der Waals surface area contributed by atoms with Crippen LogP contribution in [-0.2, 0) is 4.79 Å². The average Bonchev–Trinajstić information content (AvgIpc) is 2.41. The number of aliphatic imine (C=N–C) groups is 1. The quantitative estimate of drug-likeness (QED) is 0.866. The van der Waals surface area contributed by atoms with Gasteiger partial charge in [-0.25, -0.2) is 0 Å². The Morgan fingerprint density at radius 3 is 2.60 bits per heavy atom. The van der Waals surface area contributed by atoms with E-state index in [-0.39, 0.29) is 17.8 Å². The number of H-pyrrole nitrogens is 1. The highest BCUT2D eigenvalue weighted by Gasteiger charge is 2.04. The second-order valence-corrected chi connectivity index (χ2v) is 4.56. The van der Waals surface area contributed by atoms with Crippen LogP contribution < -0.4 is 5.56 Å². The second kappa shape index (κ2) is 6.06. The number of pyridine rings is 2. The zero-order valence-electron chi connectivity index (χ0n) is 11.4. The van der Waals surface area contributed by atoms with E-state index in [1.807, 2.05) is 12.1 Å². The molecule has 1 N–H and O–H groups in total. The molecule has 2 aromatic rings. The fraction of sp³-hybridized carbons (Fsp3) is 0.200. The maximum Gasteiger partial charge on any atom is 0.273 e. The Hall–Kier alpha value is -2.56. The third-order valence-electron chi connectivity index (χ3n) is 2.71. The molecule has 0 unspecified atom stereocenters. The van der Waals surface area contributed by atoms with Gasteiger partial charge in [0.2, 0.25) is 0 Å². The Kier molecular flexibility index (Phi) is 4.20. The van der Waals surface area contributed by atoms with E-state index in [1.54, 1.807) is 31.6 Å². The standard InChI is InChI=1S/C15H15N3O2/c1-10(7-11(2)19)18-14-8-13(9-17-15(14)20)12-3-5-16-6-4-12/h3-6,8-9H,7H2,1-2H3,(H,17,20). The Bertz CT molecular complexity index is 703. The van der Waals surface area contributed by atoms with Crippen LogP contribution in [0.3, 0.4) is 0 Å². The lowest BCUT2D eigenvalue weighted by Crippen LogP contribution is -2.06. The minimum Gasteiger partial charge on any atom is -0.327 e. The Morgan fingerprint density at radius 1 is 1.25 bits per heavy atom. The van der Waals surface area contributed by atoms with Crippen molar-refractivity contribution in [3.8, 4) is 11.1 Å². The van der Waals surface area contributed by atoms with Crippen LogP contribution in [0.5, 0.6) is 0 Å². The van der Waals surface area contributed by atoms with Crippen molar-refractivity contribution in [1.29, 1.82) is 0 Å². The minimum absolute atomic E-state index is 0.0213. The Balaban J connectivity index is 2.40. The fourth-order valence-electron chi connectivity index (χ4n) is 1.87. The zero-order chi connectivity index (χ0) is 14.5. The molecule has 0 fully saturated rings. The molecule has 2 heterocycles. The highest BCUT2D eigenvalue weighted by molar-refractivity contribution is 6.00. The Morgan fingerprint density at radius 2 is 1.95 bits per heavy atom. The molecular weight excluding hydrogens is 254 g/mol. The van der Waals surface area contributed by atoms with E-state index in [9.17, 15) is 9.59 Å². The van der Waals surface area contributed by atoms with E-state index in [2.05, 4.69) is 15.0 Å². The molecule has 0 saturated carbocycles. The van der Waals surface area contributed by atoms with Crippen LogP contribution >= 0.6 is 0 Å². The van der Waals surface area contributed by atoms with E-state index in [1.165, 1.54) is 6.92 Å². The van der Waals surface area contributed by atoms with Crippen molar-refractivity contribution < 1.29 is 4.79 Å². The molecule has 0 aliphatic heterocycles. The molecule has 102 valence electrons. The number of Topliss-reactive ketones (excluding diaryl/α,β-unsaturated/α-hetero) is 1. The van der Waals surface area contributed by atoms with Crippen molar-refractivity contribution in [1.82, 2.24) is 9.97 Å². The van der Waals surface area contributed by atoms with Gasteiger partial charge >= 0.3 is 0 Å².